The Bertz CT molecular complexity index is 224. The van der Waals surface area contributed by atoms with Gasteiger partial charge in [-0.1, -0.05) is 24.3 Å². The van der Waals surface area contributed by atoms with Gasteiger partial charge in [-0.2, -0.15) is 0 Å². The first-order chi connectivity index (χ1) is 5.45. The molecule has 0 aromatic carbocycles. The second kappa shape index (κ2) is 2.00. The molecular formula is C11H14. The average molecular weight is 146 g/mol. The predicted molar refractivity (Wildman–Crippen MR) is 46.1 cm³/mol. The summed E-state index contributed by atoms with van der Waals surface area (Å²) < 4.78 is 0. The molecule has 58 valence electrons. The van der Waals surface area contributed by atoms with Gasteiger partial charge in [0.05, 0.1) is 0 Å². The molecule has 1 saturated carbocycles. The zero-order valence-electron chi connectivity index (χ0n) is 6.74. The number of hydrogen-bond acceptors (Lipinski definition) is 0. The van der Waals surface area contributed by atoms with E-state index in [-0.39, 0.29) is 0 Å². The first kappa shape index (κ1) is 6.05. The summed E-state index contributed by atoms with van der Waals surface area (Å²) in [5, 5.41) is 0. The van der Waals surface area contributed by atoms with Gasteiger partial charge >= 0.3 is 0 Å². The van der Waals surface area contributed by atoms with E-state index in [1.807, 2.05) is 0 Å². The van der Waals surface area contributed by atoms with Crippen LogP contribution in [0.1, 0.15) is 19.3 Å². The van der Waals surface area contributed by atoms with Crippen LogP contribution in [0.2, 0.25) is 0 Å². The largest absolute Gasteiger partial charge is 0.0879 e. The first-order valence-corrected chi connectivity index (χ1v) is 4.80. The van der Waals surface area contributed by atoms with E-state index in [2.05, 4.69) is 24.3 Å². The van der Waals surface area contributed by atoms with Crippen LogP contribution in [0.3, 0.4) is 0 Å². The van der Waals surface area contributed by atoms with E-state index in [4.69, 9.17) is 0 Å². The first-order valence-electron chi connectivity index (χ1n) is 4.80. The molecule has 4 unspecified atom stereocenters. The van der Waals surface area contributed by atoms with Crippen LogP contribution < -0.4 is 0 Å². The maximum atomic E-state index is 2.47. The molecule has 4 aliphatic rings. The molecule has 0 amide bonds. The van der Waals surface area contributed by atoms with Crippen LogP contribution >= 0.6 is 0 Å². The summed E-state index contributed by atoms with van der Waals surface area (Å²) >= 11 is 0. The summed E-state index contributed by atoms with van der Waals surface area (Å²) in [4.78, 5) is 0. The Kier molecular flexibility index (Phi) is 1.10. The highest BCUT2D eigenvalue weighted by Gasteiger charge is 2.40. The number of rotatable bonds is 0. The maximum absolute atomic E-state index is 2.47. The highest BCUT2D eigenvalue weighted by atomic mass is 14.4. The van der Waals surface area contributed by atoms with E-state index >= 15 is 0 Å². The lowest BCUT2D eigenvalue weighted by Gasteiger charge is -2.41. The summed E-state index contributed by atoms with van der Waals surface area (Å²) in [7, 11) is 0. The molecule has 0 spiro atoms. The third-order valence-electron chi connectivity index (χ3n) is 3.74. The highest BCUT2D eigenvalue weighted by molar-refractivity contribution is 5.18. The minimum atomic E-state index is 0.906. The Hall–Kier alpha value is -0.520. The summed E-state index contributed by atoms with van der Waals surface area (Å²) in [6.45, 7) is 0. The van der Waals surface area contributed by atoms with Crippen molar-refractivity contribution < 1.29 is 0 Å². The Morgan fingerprint density at radius 1 is 0.909 bits per heavy atom. The highest BCUT2D eigenvalue weighted by Crippen LogP contribution is 2.49. The van der Waals surface area contributed by atoms with E-state index in [1.54, 1.807) is 0 Å². The van der Waals surface area contributed by atoms with Gasteiger partial charge < -0.3 is 0 Å². The van der Waals surface area contributed by atoms with Crippen molar-refractivity contribution in [3.63, 3.8) is 0 Å². The summed E-state index contributed by atoms with van der Waals surface area (Å²) in [6.07, 6.45) is 14.1. The SMILES string of the molecule is C1=CC2C3C=CC(CC3)C2C1. The van der Waals surface area contributed by atoms with E-state index in [1.165, 1.54) is 19.3 Å². The Morgan fingerprint density at radius 2 is 1.73 bits per heavy atom. The zero-order valence-corrected chi connectivity index (χ0v) is 6.74. The smallest absolute Gasteiger partial charge is 0.0134 e. The molecule has 1 fully saturated rings. The van der Waals surface area contributed by atoms with Crippen molar-refractivity contribution in [1.82, 2.24) is 0 Å². The molecule has 0 radical (unpaired) electrons. The lowest BCUT2D eigenvalue weighted by molar-refractivity contribution is 0.173. The van der Waals surface area contributed by atoms with Crippen molar-refractivity contribution in [1.29, 1.82) is 0 Å². The van der Waals surface area contributed by atoms with Crippen molar-refractivity contribution in [3.05, 3.63) is 24.3 Å². The lowest BCUT2D eigenvalue weighted by atomic mass is 9.64. The van der Waals surface area contributed by atoms with Crippen molar-refractivity contribution >= 4 is 0 Å². The van der Waals surface area contributed by atoms with Crippen molar-refractivity contribution in [2.24, 2.45) is 23.7 Å². The zero-order chi connectivity index (χ0) is 7.26. The van der Waals surface area contributed by atoms with E-state index in [0.29, 0.717) is 0 Å². The van der Waals surface area contributed by atoms with Crippen LogP contribution in [0, 0.1) is 23.7 Å². The van der Waals surface area contributed by atoms with Crippen LogP contribution in [0.5, 0.6) is 0 Å². The summed E-state index contributed by atoms with van der Waals surface area (Å²) in [5.41, 5.74) is 0. The van der Waals surface area contributed by atoms with Gasteiger partial charge in [0, 0.05) is 0 Å². The minimum Gasteiger partial charge on any atom is -0.0879 e. The molecule has 0 heteroatoms. The fourth-order valence-electron chi connectivity index (χ4n) is 3.15. The molecule has 4 rings (SSSR count). The molecule has 0 nitrogen and oxygen atoms in total. The second-order valence-corrected chi connectivity index (χ2v) is 4.20. The quantitative estimate of drug-likeness (QED) is 0.461. The fraction of sp³-hybridized carbons (Fsp3) is 0.636. The fourth-order valence-corrected chi connectivity index (χ4v) is 3.15. The molecule has 0 aromatic rings. The van der Waals surface area contributed by atoms with Gasteiger partial charge in [0.15, 0.2) is 0 Å². The molecule has 4 atom stereocenters. The summed E-state index contributed by atoms with van der Waals surface area (Å²) in [5.74, 6) is 3.77. The molecule has 0 heterocycles. The van der Waals surface area contributed by atoms with Crippen molar-refractivity contribution in [2.75, 3.05) is 0 Å². The van der Waals surface area contributed by atoms with Crippen LogP contribution in [-0.4, -0.2) is 0 Å². The van der Waals surface area contributed by atoms with Crippen LogP contribution in [0.25, 0.3) is 0 Å². The molecular weight excluding hydrogens is 132 g/mol. The van der Waals surface area contributed by atoms with Gasteiger partial charge in [-0.3, -0.25) is 0 Å². The number of allylic oxidation sites excluding steroid dienone is 4. The van der Waals surface area contributed by atoms with E-state index < -0.39 is 0 Å². The Balaban J connectivity index is 2.01. The molecule has 0 N–H and O–H groups in total. The standard InChI is InChI=1S/C11H14/c1-2-10-8-4-6-9(7-5-8)11(10)3-1/h1-2,4,6,8-11H,3,5,7H2. The minimum absolute atomic E-state index is 0.906. The van der Waals surface area contributed by atoms with Gasteiger partial charge in [-0.25, -0.2) is 0 Å². The van der Waals surface area contributed by atoms with Crippen molar-refractivity contribution in [2.45, 2.75) is 19.3 Å². The lowest BCUT2D eigenvalue weighted by Crippen LogP contribution is -2.33. The molecule has 4 aliphatic carbocycles. The molecule has 2 bridgehead atoms. The van der Waals surface area contributed by atoms with Crippen molar-refractivity contribution in [3.8, 4) is 0 Å². The normalized spacial score (nSPS) is 51.6. The van der Waals surface area contributed by atoms with Crippen LogP contribution in [0.4, 0.5) is 0 Å². The van der Waals surface area contributed by atoms with Gasteiger partial charge in [0.1, 0.15) is 0 Å². The van der Waals surface area contributed by atoms with Gasteiger partial charge in [0.2, 0.25) is 0 Å². The maximum Gasteiger partial charge on any atom is -0.0134 e. The van der Waals surface area contributed by atoms with E-state index in [9.17, 15) is 0 Å². The third-order valence-corrected chi connectivity index (χ3v) is 3.74. The van der Waals surface area contributed by atoms with Gasteiger partial charge in [-0.15, -0.1) is 0 Å². The predicted octanol–water partition coefficient (Wildman–Crippen LogP) is 2.77. The number of fused-ring (bicyclic) bond motifs is 1. The monoisotopic (exact) mass is 146 g/mol. The topological polar surface area (TPSA) is 0 Å². The van der Waals surface area contributed by atoms with Crippen LogP contribution in [0.15, 0.2) is 24.3 Å². The molecule has 0 saturated heterocycles. The molecule has 0 aliphatic heterocycles. The van der Waals surface area contributed by atoms with Crippen LogP contribution in [-0.2, 0) is 0 Å². The number of hydrogen-bond donors (Lipinski definition) is 0. The molecule has 0 aromatic heterocycles. The second-order valence-electron chi connectivity index (χ2n) is 4.20. The van der Waals surface area contributed by atoms with Gasteiger partial charge in [-0.05, 0) is 42.9 Å². The average Bonchev–Trinajstić information content (AvgIpc) is 2.55. The third kappa shape index (κ3) is 0.702. The molecule has 11 heavy (non-hydrogen) atoms. The van der Waals surface area contributed by atoms with E-state index in [0.717, 1.165) is 23.7 Å². The Morgan fingerprint density at radius 3 is 2.45 bits per heavy atom. The van der Waals surface area contributed by atoms with Gasteiger partial charge in [0.25, 0.3) is 0 Å². The Labute approximate surface area is 68.0 Å². The summed E-state index contributed by atoms with van der Waals surface area (Å²) in [6, 6.07) is 0.